The van der Waals surface area contributed by atoms with Crippen LogP contribution in [0.4, 0.5) is 13.2 Å². The van der Waals surface area contributed by atoms with E-state index in [1.165, 1.54) is 12.4 Å². The monoisotopic (exact) mass is 524 g/mol. The lowest BCUT2D eigenvalue weighted by atomic mass is 9.70. The number of allylic oxidation sites excluding steroid dienone is 2. The lowest BCUT2D eigenvalue weighted by molar-refractivity contribution is -0.0604. The molecule has 10 nitrogen and oxygen atoms in total. The molecular weight excluding hydrogens is 497 g/mol. The molecule has 4 heterocycles. The first kappa shape index (κ1) is 25.6. The highest BCUT2D eigenvalue weighted by atomic mass is 19.4. The normalized spacial score (nSPS) is 23.1. The quantitative estimate of drug-likeness (QED) is 0.374. The summed E-state index contributed by atoms with van der Waals surface area (Å²) < 4.78 is 39.2. The Bertz CT molecular complexity index is 1410. The summed E-state index contributed by atoms with van der Waals surface area (Å²) in [5.41, 5.74) is 2.87. The molecule has 2 N–H and O–H groups in total. The minimum Gasteiger partial charge on any atom is -0.372 e. The molecule has 0 spiro atoms. The van der Waals surface area contributed by atoms with Crippen molar-refractivity contribution < 1.29 is 13.2 Å². The standard InChI is InChI=1S/C25H27F3N10/c1-17(2-6-32-23(30)25(26,27)28)36-8-10-37(11-9-36)19-12-24(13-19,4-5-29)38-15-18(14-35-38)21-20-3-7-31-22(20)34-16-33-21/h2-3,6-7,14-16,19,30H,4,8-13H2,1H3,(H,31,33,34)/b17-2?,30-23?,32-6-/t19-,24-. The number of aromatic amines is 1. The Balaban J connectivity index is 1.20. The van der Waals surface area contributed by atoms with Crippen LogP contribution in [0.1, 0.15) is 26.2 Å². The SMILES string of the molecule is CC(=C/C=N\C(=N)C(F)(F)F)N1CCN([C@H]2C[C@](CC#N)(n3cc(-c4ncnc5[nH]ccc45)cn3)C2)CC1. The number of aliphatic imine (C=N–C) groups is 1. The van der Waals surface area contributed by atoms with Crippen molar-refractivity contribution in [2.45, 2.75) is 43.9 Å². The van der Waals surface area contributed by atoms with Gasteiger partial charge in [0.1, 0.15) is 12.0 Å². The summed E-state index contributed by atoms with van der Waals surface area (Å²) in [5.74, 6) is -1.61. The third-order valence-corrected chi connectivity index (χ3v) is 7.45. The predicted octanol–water partition coefficient (Wildman–Crippen LogP) is 3.72. The molecule has 1 aliphatic heterocycles. The van der Waals surface area contributed by atoms with Gasteiger partial charge in [0, 0.05) is 67.5 Å². The molecule has 0 radical (unpaired) electrons. The van der Waals surface area contributed by atoms with Crippen LogP contribution in [-0.4, -0.2) is 85.0 Å². The van der Waals surface area contributed by atoms with Gasteiger partial charge >= 0.3 is 6.18 Å². The van der Waals surface area contributed by atoms with E-state index in [2.05, 4.69) is 40.9 Å². The molecular formula is C25H27F3N10. The number of aromatic nitrogens is 5. The van der Waals surface area contributed by atoms with Crippen LogP contribution in [0.3, 0.4) is 0 Å². The van der Waals surface area contributed by atoms with E-state index in [-0.39, 0.29) is 5.54 Å². The number of nitriles is 1. The van der Waals surface area contributed by atoms with Crippen LogP contribution in [0, 0.1) is 16.7 Å². The van der Waals surface area contributed by atoms with Gasteiger partial charge in [-0.2, -0.15) is 23.5 Å². The fourth-order valence-electron chi connectivity index (χ4n) is 5.28. The van der Waals surface area contributed by atoms with Gasteiger partial charge in [-0.25, -0.2) is 15.0 Å². The van der Waals surface area contributed by atoms with E-state index in [0.29, 0.717) is 12.5 Å². The summed E-state index contributed by atoms with van der Waals surface area (Å²) in [6.07, 6.45) is 6.88. The van der Waals surface area contributed by atoms with Crippen LogP contribution in [0.15, 0.2) is 47.7 Å². The molecule has 2 aliphatic rings. The number of nitrogens with one attached hydrogen (secondary N) is 2. The number of hydrogen-bond acceptors (Lipinski definition) is 7. The smallest absolute Gasteiger partial charge is 0.372 e. The number of hydrogen-bond donors (Lipinski definition) is 2. The third-order valence-electron chi connectivity index (χ3n) is 7.45. The molecule has 198 valence electrons. The van der Waals surface area contributed by atoms with E-state index in [1.807, 2.05) is 30.1 Å². The van der Waals surface area contributed by atoms with Crippen LogP contribution in [0.5, 0.6) is 0 Å². The summed E-state index contributed by atoms with van der Waals surface area (Å²) in [7, 11) is 0. The highest BCUT2D eigenvalue weighted by molar-refractivity contribution is 5.94. The zero-order chi connectivity index (χ0) is 26.9. The third kappa shape index (κ3) is 4.91. The Morgan fingerprint density at radius 2 is 2.05 bits per heavy atom. The van der Waals surface area contributed by atoms with Gasteiger partial charge in [0.25, 0.3) is 0 Å². The number of rotatable bonds is 6. The molecule has 1 aliphatic carbocycles. The highest BCUT2D eigenvalue weighted by Gasteiger charge is 2.49. The summed E-state index contributed by atoms with van der Waals surface area (Å²) in [5, 5.41) is 22.0. The van der Waals surface area contributed by atoms with Crippen LogP contribution in [-0.2, 0) is 5.54 Å². The molecule has 0 atom stereocenters. The van der Waals surface area contributed by atoms with E-state index in [4.69, 9.17) is 5.41 Å². The molecule has 2 fully saturated rings. The average Bonchev–Trinajstić information content (AvgIpc) is 3.55. The number of piperazine rings is 1. The van der Waals surface area contributed by atoms with Gasteiger partial charge in [-0.3, -0.25) is 15.0 Å². The minimum atomic E-state index is -4.74. The summed E-state index contributed by atoms with van der Waals surface area (Å²) >= 11 is 0. The zero-order valence-electron chi connectivity index (χ0n) is 20.8. The Morgan fingerprint density at radius 3 is 2.76 bits per heavy atom. The van der Waals surface area contributed by atoms with Gasteiger partial charge in [-0.1, -0.05) is 0 Å². The number of nitrogens with zero attached hydrogens (tertiary/aromatic N) is 8. The van der Waals surface area contributed by atoms with E-state index < -0.39 is 12.0 Å². The van der Waals surface area contributed by atoms with Crippen molar-refractivity contribution in [2.75, 3.05) is 26.2 Å². The van der Waals surface area contributed by atoms with Crippen molar-refractivity contribution in [3.63, 3.8) is 0 Å². The molecule has 38 heavy (non-hydrogen) atoms. The minimum absolute atomic E-state index is 0.326. The van der Waals surface area contributed by atoms with Crippen LogP contribution in [0.2, 0.25) is 0 Å². The Hall–Kier alpha value is -4.05. The lowest BCUT2D eigenvalue weighted by Crippen LogP contribution is -2.60. The molecule has 1 saturated carbocycles. The maximum Gasteiger partial charge on any atom is 0.450 e. The second-order valence-corrected chi connectivity index (χ2v) is 9.71. The molecule has 3 aromatic rings. The largest absolute Gasteiger partial charge is 0.450 e. The number of fused-ring (bicyclic) bond motifs is 1. The number of amidine groups is 1. The maximum absolute atomic E-state index is 12.4. The van der Waals surface area contributed by atoms with Gasteiger partial charge in [0.05, 0.1) is 29.9 Å². The molecule has 0 bridgehead atoms. The molecule has 5 rings (SSSR count). The first-order valence-corrected chi connectivity index (χ1v) is 12.3. The van der Waals surface area contributed by atoms with Gasteiger partial charge in [-0.15, -0.1) is 0 Å². The van der Waals surface area contributed by atoms with Crippen molar-refractivity contribution in [1.29, 1.82) is 10.7 Å². The molecule has 0 unspecified atom stereocenters. The predicted molar refractivity (Wildman–Crippen MR) is 136 cm³/mol. The summed E-state index contributed by atoms with van der Waals surface area (Å²) in [4.78, 5) is 19.5. The number of halogens is 3. The van der Waals surface area contributed by atoms with Crippen molar-refractivity contribution in [3.05, 3.63) is 42.8 Å². The fourth-order valence-corrected chi connectivity index (χ4v) is 5.28. The Kier molecular flexibility index (Phi) is 6.75. The second-order valence-electron chi connectivity index (χ2n) is 9.71. The zero-order valence-corrected chi connectivity index (χ0v) is 20.8. The molecule has 0 aromatic carbocycles. The Morgan fingerprint density at radius 1 is 1.29 bits per heavy atom. The molecule has 3 aromatic heterocycles. The Labute approximate surface area is 217 Å². The maximum atomic E-state index is 12.4. The van der Waals surface area contributed by atoms with Crippen molar-refractivity contribution in [2.24, 2.45) is 4.99 Å². The number of H-pyrrole nitrogens is 1. The van der Waals surface area contributed by atoms with E-state index in [1.54, 1.807) is 6.20 Å². The second kappa shape index (κ2) is 10.0. The van der Waals surface area contributed by atoms with Gasteiger partial charge in [0.15, 0.2) is 0 Å². The number of alkyl halides is 3. The van der Waals surface area contributed by atoms with Crippen LogP contribution < -0.4 is 0 Å². The van der Waals surface area contributed by atoms with Crippen molar-refractivity contribution in [1.82, 2.24) is 34.5 Å². The first-order valence-electron chi connectivity index (χ1n) is 12.3. The summed E-state index contributed by atoms with van der Waals surface area (Å²) in [6, 6.07) is 4.60. The van der Waals surface area contributed by atoms with E-state index in [0.717, 1.165) is 73.2 Å². The van der Waals surface area contributed by atoms with E-state index in [9.17, 15) is 18.4 Å². The lowest BCUT2D eigenvalue weighted by Gasteiger charge is -2.52. The molecule has 13 heteroatoms. The van der Waals surface area contributed by atoms with E-state index >= 15 is 0 Å². The van der Waals surface area contributed by atoms with Gasteiger partial charge in [0.2, 0.25) is 5.84 Å². The summed E-state index contributed by atoms with van der Waals surface area (Å²) in [6.45, 7) is 4.92. The van der Waals surface area contributed by atoms with Gasteiger partial charge in [-0.05, 0) is 31.9 Å². The van der Waals surface area contributed by atoms with Crippen LogP contribution in [0.25, 0.3) is 22.3 Å². The van der Waals surface area contributed by atoms with Crippen molar-refractivity contribution in [3.8, 4) is 17.3 Å². The topological polar surface area (TPSA) is 126 Å². The molecule has 0 amide bonds. The average molecular weight is 525 g/mol. The highest BCUT2D eigenvalue weighted by Crippen LogP contribution is 2.45. The fraction of sp³-hybridized carbons (Fsp3) is 0.440. The first-order chi connectivity index (χ1) is 18.2. The van der Waals surface area contributed by atoms with Gasteiger partial charge < -0.3 is 9.88 Å². The van der Waals surface area contributed by atoms with Crippen LogP contribution >= 0.6 is 0 Å². The molecule has 1 saturated heterocycles. The van der Waals surface area contributed by atoms with Crippen molar-refractivity contribution >= 4 is 23.1 Å².